The lowest BCUT2D eigenvalue weighted by molar-refractivity contribution is 0.480. The number of hydrogen-bond acceptors (Lipinski definition) is 4. The first-order valence-corrected chi connectivity index (χ1v) is 7.31. The van der Waals surface area contributed by atoms with Crippen molar-refractivity contribution in [3.8, 4) is 0 Å². The van der Waals surface area contributed by atoms with Crippen LogP contribution in [0.15, 0.2) is 16.3 Å². The zero-order valence-electron chi connectivity index (χ0n) is 9.13. The molecule has 90 valence electrons. The lowest BCUT2D eigenvalue weighted by atomic mass is 10.4. The molecule has 0 aliphatic carbocycles. The van der Waals surface area contributed by atoms with Crippen LogP contribution in [0.1, 0.15) is 11.3 Å². The number of hydrogen-bond donors (Lipinski definition) is 1. The zero-order valence-corrected chi connectivity index (χ0v) is 11.6. The second-order valence-corrected chi connectivity index (χ2v) is 7.49. The van der Waals surface area contributed by atoms with Crippen LogP contribution in [0.4, 0.5) is 0 Å². The summed E-state index contributed by atoms with van der Waals surface area (Å²) in [4.78, 5) is 1.30. The van der Waals surface area contributed by atoms with Crippen molar-refractivity contribution < 1.29 is 8.42 Å². The molecule has 0 saturated heterocycles. The SMILES string of the molecule is Cc1ccc(S(=O)(=O)N(C)CCC(N)=S)s1. The summed E-state index contributed by atoms with van der Waals surface area (Å²) >= 11 is 5.98. The molecule has 0 amide bonds. The first-order chi connectivity index (χ1) is 7.34. The van der Waals surface area contributed by atoms with E-state index in [2.05, 4.69) is 0 Å². The van der Waals surface area contributed by atoms with Crippen LogP contribution in [0.2, 0.25) is 0 Å². The monoisotopic (exact) mass is 278 g/mol. The molecule has 0 aromatic carbocycles. The van der Waals surface area contributed by atoms with Gasteiger partial charge in [0.1, 0.15) is 4.21 Å². The maximum atomic E-state index is 12.0. The van der Waals surface area contributed by atoms with Crippen LogP contribution in [-0.4, -0.2) is 31.3 Å². The van der Waals surface area contributed by atoms with Gasteiger partial charge in [-0.1, -0.05) is 12.2 Å². The van der Waals surface area contributed by atoms with Crippen LogP contribution >= 0.6 is 23.6 Å². The number of nitrogens with zero attached hydrogens (tertiary/aromatic N) is 1. The minimum atomic E-state index is -3.38. The molecule has 0 radical (unpaired) electrons. The van der Waals surface area contributed by atoms with E-state index < -0.39 is 10.0 Å². The summed E-state index contributed by atoms with van der Waals surface area (Å²) < 4.78 is 25.7. The first-order valence-electron chi connectivity index (χ1n) is 4.65. The lowest BCUT2D eigenvalue weighted by Crippen LogP contribution is -2.29. The highest BCUT2D eigenvalue weighted by molar-refractivity contribution is 7.91. The van der Waals surface area contributed by atoms with Gasteiger partial charge in [0.2, 0.25) is 0 Å². The molecule has 2 N–H and O–H groups in total. The molecule has 7 heteroatoms. The molecule has 1 heterocycles. The van der Waals surface area contributed by atoms with Gasteiger partial charge in [-0.25, -0.2) is 8.42 Å². The average molecular weight is 278 g/mol. The third-order valence-corrected chi connectivity index (χ3v) is 5.58. The summed E-state index contributed by atoms with van der Waals surface area (Å²) in [5, 5.41) is 0. The van der Waals surface area contributed by atoms with E-state index in [0.29, 0.717) is 22.2 Å². The first kappa shape index (κ1) is 13.6. The number of thiophene rings is 1. The minimum Gasteiger partial charge on any atom is -0.393 e. The molecular formula is C9H14N2O2S3. The van der Waals surface area contributed by atoms with Gasteiger partial charge in [-0.3, -0.25) is 0 Å². The molecular weight excluding hydrogens is 264 g/mol. The van der Waals surface area contributed by atoms with E-state index >= 15 is 0 Å². The Labute approximate surface area is 105 Å². The van der Waals surface area contributed by atoms with E-state index in [1.807, 2.05) is 6.92 Å². The van der Waals surface area contributed by atoms with E-state index in [1.54, 1.807) is 12.1 Å². The Morgan fingerprint density at radius 1 is 1.56 bits per heavy atom. The van der Waals surface area contributed by atoms with Gasteiger partial charge in [0.25, 0.3) is 10.0 Å². The fourth-order valence-electron chi connectivity index (χ4n) is 1.09. The van der Waals surface area contributed by atoms with Crippen molar-refractivity contribution in [1.82, 2.24) is 4.31 Å². The van der Waals surface area contributed by atoms with Crippen LogP contribution in [0.25, 0.3) is 0 Å². The number of nitrogens with two attached hydrogens (primary N) is 1. The standard InChI is InChI=1S/C9H14N2O2S3/c1-7-3-4-9(15-7)16(12,13)11(2)6-5-8(10)14/h3-4H,5-6H2,1-2H3,(H2,10,14). The normalized spacial score (nSPS) is 11.9. The minimum absolute atomic E-state index is 0.314. The molecule has 0 unspecified atom stereocenters. The maximum absolute atomic E-state index is 12.0. The Hall–Kier alpha value is -0.500. The predicted molar refractivity (Wildman–Crippen MR) is 70.3 cm³/mol. The van der Waals surface area contributed by atoms with Gasteiger partial charge in [0.05, 0.1) is 4.99 Å². The van der Waals surface area contributed by atoms with E-state index in [-0.39, 0.29) is 0 Å². The van der Waals surface area contributed by atoms with Crippen molar-refractivity contribution in [3.05, 3.63) is 17.0 Å². The third kappa shape index (κ3) is 3.24. The van der Waals surface area contributed by atoms with Gasteiger partial charge in [0, 0.05) is 24.9 Å². The largest absolute Gasteiger partial charge is 0.393 e. The highest BCUT2D eigenvalue weighted by Gasteiger charge is 2.21. The van der Waals surface area contributed by atoms with Gasteiger partial charge >= 0.3 is 0 Å². The number of sulfonamides is 1. The van der Waals surface area contributed by atoms with Crippen LogP contribution in [0, 0.1) is 6.92 Å². The maximum Gasteiger partial charge on any atom is 0.252 e. The fraction of sp³-hybridized carbons (Fsp3) is 0.444. The lowest BCUT2D eigenvalue weighted by Gasteiger charge is -2.15. The molecule has 0 bridgehead atoms. The molecule has 16 heavy (non-hydrogen) atoms. The van der Waals surface area contributed by atoms with E-state index in [0.717, 1.165) is 4.88 Å². The average Bonchev–Trinajstić information content (AvgIpc) is 2.61. The van der Waals surface area contributed by atoms with Crippen molar-refractivity contribution in [2.45, 2.75) is 17.6 Å². The van der Waals surface area contributed by atoms with Gasteiger partial charge in [-0.2, -0.15) is 4.31 Å². The Bertz CT molecular complexity index is 479. The van der Waals surface area contributed by atoms with Gasteiger partial charge in [-0.05, 0) is 19.1 Å². The van der Waals surface area contributed by atoms with Crippen LogP contribution in [0.3, 0.4) is 0 Å². The molecule has 1 aromatic heterocycles. The molecule has 0 saturated carbocycles. The van der Waals surface area contributed by atoms with Crippen LogP contribution in [0.5, 0.6) is 0 Å². The molecule has 0 aliphatic rings. The Morgan fingerprint density at radius 2 is 2.19 bits per heavy atom. The predicted octanol–water partition coefficient (Wildman–Crippen LogP) is 1.35. The summed E-state index contributed by atoms with van der Waals surface area (Å²) in [6, 6.07) is 3.41. The van der Waals surface area contributed by atoms with Crippen molar-refractivity contribution in [3.63, 3.8) is 0 Å². The quantitative estimate of drug-likeness (QED) is 0.826. The summed E-state index contributed by atoms with van der Waals surface area (Å²) in [5.74, 6) is 0. The number of thiocarbonyl (C=S) groups is 1. The second-order valence-electron chi connectivity index (χ2n) is 3.41. The third-order valence-electron chi connectivity index (χ3n) is 2.05. The summed E-state index contributed by atoms with van der Waals surface area (Å²) in [6.45, 7) is 2.19. The van der Waals surface area contributed by atoms with Crippen molar-refractivity contribution in [2.75, 3.05) is 13.6 Å². The Balaban J connectivity index is 2.82. The smallest absolute Gasteiger partial charge is 0.252 e. The van der Waals surface area contributed by atoms with E-state index in [1.165, 1.54) is 22.7 Å². The topological polar surface area (TPSA) is 63.4 Å². The molecule has 1 rings (SSSR count). The van der Waals surface area contributed by atoms with E-state index in [4.69, 9.17) is 18.0 Å². The highest BCUT2D eigenvalue weighted by Crippen LogP contribution is 2.23. The van der Waals surface area contributed by atoms with Crippen molar-refractivity contribution in [1.29, 1.82) is 0 Å². The van der Waals surface area contributed by atoms with E-state index in [9.17, 15) is 8.42 Å². The second kappa shape index (κ2) is 5.22. The van der Waals surface area contributed by atoms with Crippen LogP contribution in [-0.2, 0) is 10.0 Å². The summed E-state index contributed by atoms with van der Waals surface area (Å²) in [7, 11) is -1.85. The van der Waals surface area contributed by atoms with Gasteiger partial charge in [-0.15, -0.1) is 11.3 Å². The molecule has 0 atom stereocenters. The summed E-state index contributed by atoms with van der Waals surface area (Å²) in [5.41, 5.74) is 5.34. The van der Waals surface area contributed by atoms with Gasteiger partial charge < -0.3 is 5.73 Å². The Kier molecular flexibility index (Phi) is 4.43. The van der Waals surface area contributed by atoms with Crippen molar-refractivity contribution >= 4 is 38.6 Å². The van der Waals surface area contributed by atoms with Crippen LogP contribution < -0.4 is 5.73 Å². The fourth-order valence-corrected chi connectivity index (χ4v) is 3.85. The Morgan fingerprint density at radius 3 is 2.62 bits per heavy atom. The highest BCUT2D eigenvalue weighted by atomic mass is 32.2. The summed E-state index contributed by atoms with van der Waals surface area (Å²) in [6.07, 6.45) is 0.398. The molecule has 1 aromatic rings. The van der Waals surface area contributed by atoms with Crippen molar-refractivity contribution in [2.24, 2.45) is 5.73 Å². The molecule has 4 nitrogen and oxygen atoms in total. The number of rotatable bonds is 5. The molecule has 0 spiro atoms. The van der Waals surface area contributed by atoms with Gasteiger partial charge in [0.15, 0.2) is 0 Å². The zero-order chi connectivity index (χ0) is 12.3. The molecule has 0 aliphatic heterocycles. The molecule has 0 fully saturated rings. The number of aryl methyl sites for hydroxylation is 1.